The van der Waals surface area contributed by atoms with Gasteiger partial charge in [0, 0.05) is 17.3 Å². The first-order chi connectivity index (χ1) is 13.8. The highest BCUT2D eigenvalue weighted by atomic mass is 16.5. The van der Waals surface area contributed by atoms with Gasteiger partial charge in [0.1, 0.15) is 0 Å². The Kier molecular flexibility index (Phi) is 5.87. The van der Waals surface area contributed by atoms with E-state index in [1.807, 2.05) is 18.5 Å². The molecule has 9 nitrogen and oxygen atoms in total. The molecule has 0 aliphatic heterocycles. The van der Waals surface area contributed by atoms with Crippen molar-refractivity contribution in [3.8, 4) is 0 Å². The summed E-state index contributed by atoms with van der Waals surface area (Å²) in [6.07, 6.45) is 3.04. The molecule has 2 heterocycles. The summed E-state index contributed by atoms with van der Waals surface area (Å²) in [6.45, 7) is 6.44. The van der Waals surface area contributed by atoms with Crippen LogP contribution in [0.1, 0.15) is 33.9 Å². The number of hydrogen-bond acceptors (Lipinski definition) is 8. The van der Waals surface area contributed by atoms with Crippen molar-refractivity contribution in [1.82, 2.24) is 24.7 Å². The fraction of sp³-hybridized carbons (Fsp3) is 0.250. The first-order valence-electron chi connectivity index (χ1n) is 9.02. The van der Waals surface area contributed by atoms with Gasteiger partial charge in [-0.2, -0.15) is 20.1 Å². The van der Waals surface area contributed by atoms with Gasteiger partial charge in [-0.15, -0.1) is 0 Å². The second kappa shape index (κ2) is 8.51. The van der Waals surface area contributed by atoms with Crippen LogP contribution in [0, 0.1) is 20.8 Å². The quantitative estimate of drug-likeness (QED) is 0.479. The molecule has 0 aliphatic carbocycles. The predicted molar refractivity (Wildman–Crippen MR) is 109 cm³/mol. The Morgan fingerprint density at radius 3 is 2.38 bits per heavy atom. The van der Waals surface area contributed by atoms with E-state index in [4.69, 9.17) is 16.2 Å². The number of esters is 1. The van der Waals surface area contributed by atoms with Crippen LogP contribution in [-0.2, 0) is 22.7 Å². The van der Waals surface area contributed by atoms with E-state index in [-0.39, 0.29) is 24.3 Å². The number of ether oxygens (including phenoxy) is 1. The summed E-state index contributed by atoms with van der Waals surface area (Å²) in [5.74, 6) is -0.389. The van der Waals surface area contributed by atoms with Gasteiger partial charge in [0.25, 0.3) is 0 Å². The standard InChI is InChI=1S/C20H23N7O2/c1-12-4-6-15(7-5-12)10-27-14(3)16(13(2)26-27)8-9-18(28)29-11-17-23-19(21)25-20(22)24-17/h4-9H,10-11H2,1-3H3,(H4,21,22,23,24,25)/b9-8+. The Balaban J connectivity index is 1.65. The number of nitrogens with two attached hydrogens (primary N) is 2. The molecule has 0 bridgehead atoms. The highest BCUT2D eigenvalue weighted by molar-refractivity contribution is 5.87. The molecule has 1 aromatic carbocycles. The van der Waals surface area contributed by atoms with Gasteiger partial charge in [-0.3, -0.25) is 4.68 Å². The summed E-state index contributed by atoms with van der Waals surface area (Å²) < 4.78 is 7.05. The second-order valence-electron chi connectivity index (χ2n) is 6.64. The van der Waals surface area contributed by atoms with E-state index in [2.05, 4.69) is 51.2 Å². The number of carbonyl (C=O) groups is 1. The molecule has 0 spiro atoms. The zero-order valence-electron chi connectivity index (χ0n) is 16.6. The maximum Gasteiger partial charge on any atom is 0.331 e. The second-order valence-corrected chi connectivity index (χ2v) is 6.64. The normalized spacial score (nSPS) is 11.1. The third-order valence-corrected chi connectivity index (χ3v) is 4.34. The van der Waals surface area contributed by atoms with Crippen molar-refractivity contribution >= 4 is 23.9 Å². The highest BCUT2D eigenvalue weighted by Crippen LogP contribution is 2.17. The van der Waals surface area contributed by atoms with Crippen LogP contribution in [0.25, 0.3) is 6.08 Å². The lowest BCUT2D eigenvalue weighted by atomic mass is 10.1. The summed E-state index contributed by atoms with van der Waals surface area (Å²) in [4.78, 5) is 23.4. The molecule has 4 N–H and O–H groups in total. The fourth-order valence-corrected chi connectivity index (χ4v) is 2.83. The zero-order chi connectivity index (χ0) is 21.0. The monoisotopic (exact) mass is 393 g/mol. The van der Waals surface area contributed by atoms with Crippen molar-refractivity contribution in [1.29, 1.82) is 0 Å². The van der Waals surface area contributed by atoms with Crippen LogP contribution in [0.15, 0.2) is 30.3 Å². The third kappa shape index (κ3) is 5.16. The minimum Gasteiger partial charge on any atom is -0.454 e. The van der Waals surface area contributed by atoms with Gasteiger partial charge in [-0.05, 0) is 32.4 Å². The minimum atomic E-state index is -0.535. The van der Waals surface area contributed by atoms with Crippen molar-refractivity contribution in [3.63, 3.8) is 0 Å². The number of aryl methyl sites for hydroxylation is 2. The Bertz CT molecular complexity index is 1040. The van der Waals surface area contributed by atoms with Crippen molar-refractivity contribution in [2.24, 2.45) is 0 Å². The van der Waals surface area contributed by atoms with Crippen LogP contribution >= 0.6 is 0 Å². The van der Waals surface area contributed by atoms with Gasteiger partial charge in [0.05, 0.1) is 12.2 Å². The summed E-state index contributed by atoms with van der Waals surface area (Å²) >= 11 is 0. The highest BCUT2D eigenvalue weighted by Gasteiger charge is 2.11. The maximum absolute atomic E-state index is 12.0. The molecule has 0 saturated carbocycles. The molecular weight excluding hydrogens is 370 g/mol. The Morgan fingerprint density at radius 1 is 1.07 bits per heavy atom. The van der Waals surface area contributed by atoms with Crippen LogP contribution < -0.4 is 11.5 Å². The number of aromatic nitrogens is 5. The molecule has 150 valence electrons. The Hall–Kier alpha value is -3.75. The average molecular weight is 393 g/mol. The zero-order valence-corrected chi connectivity index (χ0v) is 16.6. The molecular formula is C20H23N7O2. The van der Waals surface area contributed by atoms with Crippen LogP contribution in [-0.4, -0.2) is 30.7 Å². The molecule has 0 atom stereocenters. The molecule has 0 amide bonds. The largest absolute Gasteiger partial charge is 0.454 e. The van der Waals surface area contributed by atoms with Gasteiger partial charge in [-0.25, -0.2) is 4.79 Å². The number of rotatable bonds is 6. The van der Waals surface area contributed by atoms with E-state index >= 15 is 0 Å². The number of carbonyl (C=O) groups excluding carboxylic acids is 1. The van der Waals surface area contributed by atoms with Gasteiger partial charge in [-0.1, -0.05) is 29.8 Å². The topological polar surface area (TPSA) is 135 Å². The van der Waals surface area contributed by atoms with E-state index in [9.17, 15) is 4.79 Å². The van der Waals surface area contributed by atoms with Crippen LogP contribution in [0.2, 0.25) is 0 Å². The van der Waals surface area contributed by atoms with Crippen LogP contribution in [0.5, 0.6) is 0 Å². The van der Waals surface area contributed by atoms with Gasteiger partial charge < -0.3 is 16.2 Å². The third-order valence-electron chi connectivity index (χ3n) is 4.34. The smallest absolute Gasteiger partial charge is 0.331 e. The summed E-state index contributed by atoms with van der Waals surface area (Å²) in [7, 11) is 0. The van der Waals surface area contributed by atoms with E-state index in [1.165, 1.54) is 11.6 Å². The molecule has 0 saturated heterocycles. The molecule has 3 rings (SSSR count). The lowest BCUT2D eigenvalue weighted by Crippen LogP contribution is -2.09. The van der Waals surface area contributed by atoms with E-state index < -0.39 is 5.97 Å². The number of nitrogens with zero attached hydrogens (tertiary/aromatic N) is 5. The van der Waals surface area contributed by atoms with Crippen LogP contribution in [0.4, 0.5) is 11.9 Å². The number of hydrogen-bond donors (Lipinski definition) is 2. The molecule has 0 fully saturated rings. The van der Waals surface area contributed by atoms with Gasteiger partial charge >= 0.3 is 5.97 Å². The van der Waals surface area contributed by atoms with Crippen molar-refractivity contribution in [3.05, 3.63) is 64.2 Å². The lowest BCUT2D eigenvalue weighted by Gasteiger charge is -2.05. The summed E-state index contributed by atoms with van der Waals surface area (Å²) in [5.41, 5.74) is 16.0. The van der Waals surface area contributed by atoms with E-state index in [0.717, 1.165) is 22.5 Å². The molecule has 3 aromatic rings. The number of nitrogen functional groups attached to an aromatic ring is 2. The Morgan fingerprint density at radius 2 is 1.72 bits per heavy atom. The molecule has 9 heteroatoms. The number of anilines is 2. The molecule has 0 radical (unpaired) electrons. The first kappa shape index (κ1) is 20.0. The molecule has 2 aromatic heterocycles. The van der Waals surface area contributed by atoms with Crippen molar-refractivity contribution < 1.29 is 9.53 Å². The van der Waals surface area contributed by atoms with Crippen molar-refractivity contribution in [2.75, 3.05) is 11.5 Å². The molecule has 0 aliphatic rings. The SMILES string of the molecule is Cc1ccc(Cn2nc(C)c(/C=C/C(=O)OCc3nc(N)nc(N)n3)c2C)cc1. The van der Waals surface area contributed by atoms with E-state index in [1.54, 1.807) is 6.08 Å². The number of benzene rings is 1. The molecule has 0 unspecified atom stereocenters. The summed E-state index contributed by atoms with van der Waals surface area (Å²) in [6, 6.07) is 8.32. The maximum atomic E-state index is 12.0. The minimum absolute atomic E-state index is 0.0219. The fourth-order valence-electron chi connectivity index (χ4n) is 2.83. The van der Waals surface area contributed by atoms with E-state index in [0.29, 0.717) is 6.54 Å². The van der Waals surface area contributed by atoms with Crippen molar-refractivity contribution in [2.45, 2.75) is 33.9 Å². The van der Waals surface area contributed by atoms with Gasteiger partial charge in [0.15, 0.2) is 12.4 Å². The average Bonchev–Trinajstić information content (AvgIpc) is 2.92. The Labute approximate surface area is 168 Å². The predicted octanol–water partition coefficient (Wildman–Crippen LogP) is 1.96. The summed E-state index contributed by atoms with van der Waals surface area (Å²) in [5, 5.41) is 4.58. The first-order valence-corrected chi connectivity index (χ1v) is 9.02. The lowest BCUT2D eigenvalue weighted by molar-refractivity contribution is -0.139. The van der Waals surface area contributed by atoms with Crippen LogP contribution in [0.3, 0.4) is 0 Å². The molecule has 29 heavy (non-hydrogen) atoms. The van der Waals surface area contributed by atoms with Gasteiger partial charge in [0.2, 0.25) is 11.9 Å².